The lowest BCUT2D eigenvalue weighted by molar-refractivity contribution is -0.172. The quantitative estimate of drug-likeness (QED) is 0.0133. The molecule has 2 aromatic heterocycles. The number of urea groups is 1. The fourth-order valence-corrected chi connectivity index (χ4v) is 12.7. The molecule has 111 heavy (non-hydrogen) atoms. The second kappa shape index (κ2) is 40.9. The normalized spacial score (nSPS) is 14.2. The first-order valence-electron chi connectivity index (χ1n) is 37.3. The number of amides is 10. The van der Waals surface area contributed by atoms with Crippen molar-refractivity contribution < 1.29 is 86.2 Å². The smallest absolute Gasteiger partial charge is 0.415 e. The summed E-state index contributed by atoms with van der Waals surface area (Å²) in [6, 6.07) is 25.5. The van der Waals surface area contributed by atoms with E-state index < -0.39 is 65.5 Å². The number of anilines is 2. The molecular formula is C80H98N12O19. The molecule has 4 aromatic carbocycles. The van der Waals surface area contributed by atoms with Gasteiger partial charge in [-0.05, 0) is 103 Å². The third-order valence-corrected chi connectivity index (χ3v) is 19.0. The van der Waals surface area contributed by atoms with Crippen LogP contribution in [-0.4, -0.2) is 196 Å². The van der Waals surface area contributed by atoms with Gasteiger partial charge in [0.1, 0.15) is 31.0 Å². The Hall–Kier alpha value is -11.3. The molecule has 0 spiro atoms. The highest BCUT2D eigenvalue weighted by Crippen LogP contribution is 2.41. The number of esters is 1. The average molecular weight is 1530 g/mol. The van der Waals surface area contributed by atoms with Gasteiger partial charge in [0.15, 0.2) is 5.60 Å². The van der Waals surface area contributed by atoms with Gasteiger partial charge in [-0.1, -0.05) is 82.0 Å². The number of nitrogens with zero attached hydrogens (tertiary/aromatic N) is 5. The van der Waals surface area contributed by atoms with Crippen molar-refractivity contribution in [1.29, 1.82) is 0 Å². The molecule has 5 heterocycles. The summed E-state index contributed by atoms with van der Waals surface area (Å²) in [7, 11) is 3.02. The number of likely N-dealkylation sites (N-methyl/N-ethyl adjacent to an activating group) is 2. The monoisotopic (exact) mass is 1530 g/mol. The number of primary amides is 1. The molecule has 6 aromatic rings. The number of nitrogens with two attached hydrogens (primary N) is 1. The lowest BCUT2D eigenvalue weighted by atomic mass is 9.86. The van der Waals surface area contributed by atoms with Gasteiger partial charge in [0.25, 0.3) is 5.56 Å². The van der Waals surface area contributed by atoms with Gasteiger partial charge in [-0.15, -0.1) is 0 Å². The van der Waals surface area contributed by atoms with Crippen molar-refractivity contribution in [2.75, 3.05) is 110 Å². The molecule has 9 N–H and O–H groups in total. The second-order valence-corrected chi connectivity index (χ2v) is 27.2. The minimum atomic E-state index is -1.98. The van der Waals surface area contributed by atoms with Crippen LogP contribution in [0.25, 0.3) is 22.3 Å². The summed E-state index contributed by atoms with van der Waals surface area (Å²) in [6.07, 6.45) is -0.0476. The fourth-order valence-electron chi connectivity index (χ4n) is 12.7. The molecule has 3 aliphatic rings. The van der Waals surface area contributed by atoms with Crippen LogP contribution < -0.4 is 52.8 Å². The van der Waals surface area contributed by atoms with Crippen LogP contribution in [0.2, 0.25) is 0 Å². The average Bonchev–Trinajstić information content (AvgIpc) is 1.58. The van der Waals surface area contributed by atoms with Crippen LogP contribution in [0, 0.1) is 17.8 Å². The third kappa shape index (κ3) is 23.1. The number of carbonyl (C=O) groups is 10. The maximum absolute atomic E-state index is 13.8. The molecule has 0 unspecified atom stereocenters. The molecule has 0 bridgehead atoms. The Morgan fingerprint density at radius 2 is 1.32 bits per heavy atom. The summed E-state index contributed by atoms with van der Waals surface area (Å²) in [5.74, 6) is 3.03. The molecule has 3 aliphatic heterocycles. The highest BCUT2D eigenvalue weighted by atomic mass is 16.6. The van der Waals surface area contributed by atoms with Crippen molar-refractivity contribution in [1.82, 2.24) is 45.9 Å². The first kappa shape index (κ1) is 83.7. The summed E-state index contributed by atoms with van der Waals surface area (Å²) < 4.78 is 40.3. The van der Waals surface area contributed by atoms with E-state index in [-0.39, 0.29) is 170 Å². The van der Waals surface area contributed by atoms with E-state index >= 15 is 0 Å². The van der Waals surface area contributed by atoms with E-state index in [1.165, 1.54) is 23.9 Å². The highest BCUT2D eigenvalue weighted by molar-refractivity contribution is 5.99. The number of benzene rings is 4. The minimum Gasteiger partial charge on any atom is -0.458 e. The lowest BCUT2D eigenvalue weighted by Gasteiger charge is -2.31. The Kier molecular flexibility index (Phi) is 30.9. The number of rotatable bonds is 40. The van der Waals surface area contributed by atoms with Crippen LogP contribution in [0.4, 0.5) is 25.8 Å². The zero-order chi connectivity index (χ0) is 79.6. The van der Waals surface area contributed by atoms with E-state index in [0.29, 0.717) is 67.5 Å². The van der Waals surface area contributed by atoms with Crippen molar-refractivity contribution in [2.45, 2.75) is 129 Å². The molecule has 31 heteroatoms. The largest absolute Gasteiger partial charge is 0.458 e. The van der Waals surface area contributed by atoms with Gasteiger partial charge in [-0.2, -0.15) is 0 Å². The van der Waals surface area contributed by atoms with Crippen LogP contribution in [0.3, 0.4) is 0 Å². The first-order valence-corrected chi connectivity index (χ1v) is 37.3. The van der Waals surface area contributed by atoms with E-state index in [4.69, 9.17) is 43.9 Å². The Morgan fingerprint density at radius 1 is 0.676 bits per heavy atom. The number of hydrogen-bond donors (Lipinski definition) is 8. The molecule has 0 radical (unpaired) electrons. The zero-order valence-corrected chi connectivity index (χ0v) is 63.5. The number of para-hydroxylation sites is 1. The van der Waals surface area contributed by atoms with Crippen molar-refractivity contribution in [3.05, 3.63) is 152 Å². The maximum atomic E-state index is 13.8. The summed E-state index contributed by atoms with van der Waals surface area (Å²) >= 11 is 0. The van der Waals surface area contributed by atoms with Crippen LogP contribution >= 0.6 is 0 Å². The Morgan fingerprint density at radius 3 is 2.03 bits per heavy atom. The topological polar surface area (TPSA) is 398 Å². The molecular weight excluding hydrogens is 1430 g/mol. The van der Waals surface area contributed by atoms with E-state index in [0.717, 1.165) is 38.9 Å². The summed E-state index contributed by atoms with van der Waals surface area (Å²) in [6.45, 7) is 10.2. The summed E-state index contributed by atoms with van der Waals surface area (Å²) in [5.41, 5.74) is 10.8. The predicted molar refractivity (Wildman–Crippen MR) is 408 cm³/mol. The number of nitrogens with one attached hydrogen (secondary N) is 6. The molecule has 31 nitrogen and oxygen atoms in total. The Bertz CT molecular complexity index is 4480. The number of pyridine rings is 2. The molecule has 9 rings (SSSR count). The van der Waals surface area contributed by atoms with Gasteiger partial charge < -0.3 is 95.2 Å². The molecule has 0 fully saturated rings. The molecule has 0 saturated heterocycles. The lowest BCUT2D eigenvalue weighted by Crippen LogP contribution is -2.54. The number of fused-ring (bicyclic) bond motifs is 7. The van der Waals surface area contributed by atoms with Gasteiger partial charge in [-0.3, -0.25) is 33.6 Å². The number of ether oxygens (including phenoxy) is 7. The van der Waals surface area contributed by atoms with Gasteiger partial charge >= 0.3 is 24.2 Å². The molecule has 0 aliphatic carbocycles. The van der Waals surface area contributed by atoms with Crippen molar-refractivity contribution in [2.24, 2.45) is 11.7 Å². The molecule has 592 valence electrons. The number of aromatic nitrogens is 2. The van der Waals surface area contributed by atoms with Crippen LogP contribution in [0.15, 0.2) is 102 Å². The number of cyclic esters (lactones) is 1. The van der Waals surface area contributed by atoms with E-state index in [9.17, 15) is 57.8 Å². The second-order valence-electron chi connectivity index (χ2n) is 27.2. The number of hydrogen-bond acceptors (Lipinski definition) is 20. The van der Waals surface area contributed by atoms with E-state index in [1.807, 2.05) is 55.5 Å². The molecule has 10 amide bonds. The fraction of sp³-hybridized carbons (Fsp3) is 0.450. The summed E-state index contributed by atoms with van der Waals surface area (Å²) in [5, 5.41) is 28.4. The summed E-state index contributed by atoms with van der Waals surface area (Å²) in [4.78, 5) is 153. The van der Waals surface area contributed by atoms with Gasteiger partial charge in [0.05, 0.1) is 94.1 Å². The van der Waals surface area contributed by atoms with E-state index in [2.05, 4.69) is 43.7 Å². The minimum absolute atomic E-state index is 0.00374. The third-order valence-electron chi connectivity index (χ3n) is 19.0. The standard InChI is InChI=1S/C80H98N12O19/c1-7-58-59-29-28-57(45-64(59)86-72-60(58)48-92-66(72)46-62-61(75(92)99)50-109-76(100)80(62,104)8-2)111-79(103)90(6)36-35-89(5)78(102)110-49-52-22-26-56(27-23-52)85-73(97)63(18-14-32-84-77(81)101)87-74(98)71(51(3)4)88-69(95)21-13-20-67(93)83-34-38-106-40-42-108-44-43-107-41-39-105-37-31-68(94)82-33-30-70(96)91-47-55-17-10-9-15-53(55)24-25-54-16-11-12-19-65(54)91/h9-12,15-17,19,22-23,26-29,45-46,51,63,71,104H,7-8,13-14,18,20-21,30-44,47-50H2,1-6H3,(H,82,94)(H,83,93)(H,85,97)(H,87,98)(H,88,95)(H3,81,84,101)/t63-,71-,80-/m0/s1. The van der Waals surface area contributed by atoms with Gasteiger partial charge in [0.2, 0.25) is 35.4 Å². The number of aliphatic hydroxyl groups is 1. The Labute approximate surface area is 643 Å². The van der Waals surface area contributed by atoms with Gasteiger partial charge in [-0.25, -0.2) is 24.2 Å². The zero-order valence-electron chi connectivity index (χ0n) is 63.5. The van der Waals surface area contributed by atoms with Gasteiger partial charge in [0, 0.05) is 112 Å². The SMILES string of the molecule is CCc1c2c(nc3cc(OC(=O)N(C)CCN(C)C(=O)OCc4ccc(NC(=O)[C@H](CCCNC(N)=O)NC(=O)[C@@H](NC(=O)CCCC(=O)NCCOCCOCCOCCOCCC(=O)NCCC(=O)N5Cc6ccccc6C#Cc6ccccc65)C(C)C)cc4)ccc13)-c1cc3c(c(=O)n1C2)COC(=O)[C@]3(O)CC. The predicted octanol–water partition coefficient (Wildman–Crippen LogP) is 5.55. The number of carbonyl (C=O) groups excluding carboxylic acids is 10. The highest BCUT2D eigenvalue weighted by Gasteiger charge is 2.46. The Balaban J connectivity index is 0.608. The van der Waals surface area contributed by atoms with Crippen LogP contribution in [0.1, 0.15) is 124 Å². The molecule has 0 saturated carbocycles. The van der Waals surface area contributed by atoms with Crippen LogP contribution in [-0.2, 0) is 100 Å². The number of aryl methyl sites for hydroxylation is 1. The van der Waals surface area contributed by atoms with Crippen LogP contribution in [0.5, 0.6) is 5.75 Å². The maximum Gasteiger partial charge on any atom is 0.415 e. The van der Waals surface area contributed by atoms with E-state index in [1.54, 1.807) is 78.8 Å². The van der Waals surface area contributed by atoms with Crippen molar-refractivity contribution >= 4 is 81.9 Å². The molecule has 3 atom stereocenters. The van der Waals surface area contributed by atoms with Crippen molar-refractivity contribution in [3.63, 3.8) is 0 Å². The first-order chi connectivity index (χ1) is 53.5. The van der Waals surface area contributed by atoms with Crippen molar-refractivity contribution in [3.8, 4) is 29.0 Å².